The molecule has 0 unspecified atom stereocenters. The first-order chi connectivity index (χ1) is 9.89. The summed E-state index contributed by atoms with van der Waals surface area (Å²) in [5, 5.41) is 10.3. The molecule has 1 fully saturated rings. The molecule has 2 heterocycles. The monoisotopic (exact) mass is 308 g/mol. The number of carbonyl (C=O) groups excluding carboxylic acids is 1. The molecule has 0 spiro atoms. The predicted molar refractivity (Wildman–Crippen MR) is 82.0 cm³/mol. The molecule has 1 aliphatic rings. The summed E-state index contributed by atoms with van der Waals surface area (Å²) in [5.74, 6) is -0.578. The zero-order valence-corrected chi connectivity index (χ0v) is 12.5. The fourth-order valence-corrected chi connectivity index (χ4v) is 3.73. The number of amides is 1. The third-order valence-corrected chi connectivity index (χ3v) is 5.18. The summed E-state index contributed by atoms with van der Waals surface area (Å²) in [6.07, 6.45) is 1.08. The summed E-state index contributed by atoms with van der Waals surface area (Å²) in [7, 11) is 0. The van der Waals surface area contributed by atoms with E-state index in [-0.39, 0.29) is 11.6 Å². The molecule has 1 aromatic carbocycles. The molecule has 1 amide bonds. The Bertz CT molecular complexity index is 701. The van der Waals surface area contributed by atoms with Gasteiger partial charge < -0.3 is 15.7 Å². The van der Waals surface area contributed by atoms with Crippen LogP contribution in [0.5, 0.6) is 0 Å². The number of fused-ring (bicyclic) bond motifs is 1. The fourth-order valence-electron chi connectivity index (χ4n) is 2.62. The minimum atomic E-state index is -0.714. The molecule has 1 aliphatic heterocycles. The van der Waals surface area contributed by atoms with Crippen LogP contribution in [0.4, 0.5) is 10.1 Å². The standard InChI is InChI=1S/C15H17FN2O2S/c1-15(20)5-7-18(8-6-15)14(19)13-12(17)11-9(16)3-2-4-10(11)21-13/h2-4,20H,5-8,17H2,1H3. The molecule has 2 aromatic rings. The molecule has 0 bridgehead atoms. The van der Waals surface area contributed by atoms with E-state index in [0.29, 0.717) is 40.9 Å². The molecule has 0 aliphatic carbocycles. The zero-order chi connectivity index (χ0) is 15.2. The summed E-state index contributed by atoms with van der Waals surface area (Å²) in [5.41, 5.74) is 5.48. The topological polar surface area (TPSA) is 66.6 Å². The molecule has 0 atom stereocenters. The molecule has 0 saturated carbocycles. The third kappa shape index (κ3) is 2.49. The lowest BCUT2D eigenvalue weighted by atomic mass is 9.94. The van der Waals surface area contributed by atoms with Crippen molar-refractivity contribution in [3.05, 3.63) is 28.9 Å². The quantitative estimate of drug-likeness (QED) is 0.851. The molecule has 6 heteroatoms. The lowest BCUT2D eigenvalue weighted by molar-refractivity contribution is -0.00184. The van der Waals surface area contributed by atoms with Crippen LogP contribution in [0.1, 0.15) is 29.4 Å². The smallest absolute Gasteiger partial charge is 0.266 e. The molecular weight excluding hydrogens is 291 g/mol. The van der Waals surface area contributed by atoms with Crippen LogP contribution in [-0.2, 0) is 0 Å². The van der Waals surface area contributed by atoms with Crippen LogP contribution >= 0.6 is 11.3 Å². The number of thiophene rings is 1. The second-order valence-electron chi connectivity index (χ2n) is 5.75. The summed E-state index contributed by atoms with van der Waals surface area (Å²) in [6, 6.07) is 4.72. The van der Waals surface area contributed by atoms with Gasteiger partial charge in [-0.25, -0.2) is 4.39 Å². The van der Waals surface area contributed by atoms with E-state index < -0.39 is 11.4 Å². The summed E-state index contributed by atoms with van der Waals surface area (Å²) < 4.78 is 14.5. The Hall–Kier alpha value is -1.66. The highest BCUT2D eigenvalue weighted by Crippen LogP contribution is 2.36. The van der Waals surface area contributed by atoms with Gasteiger partial charge in [-0.1, -0.05) is 6.07 Å². The van der Waals surface area contributed by atoms with Crippen LogP contribution in [0, 0.1) is 5.82 Å². The second kappa shape index (κ2) is 4.96. The fraction of sp³-hybridized carbons (Fsp3) is 0.400. The highest BCUT2D eigenvalue weighted by Gasteiger charge is 2.31. The molecule has 21 heavy (non-hydrogen) atoms. The van der Waals surface area contributed by atoms with Gasteiger partial charge in [0.05, 0.1) is 16.7 Å². The van der Waals surface area contributed by atoms with Crippen molar-refractivity contribution >= 4 is 33.0 Å². The third-order valence-electron chi connectivity index (χ3n) is 4.02. The average molecular weight is 308 g/mol. The molecular formula is C15H17FN2O2S. The van der Waals surface area contributed by atoms with Crippen molar-refractivity contribution in [3.63, 3.8) is 0 Å². The number of piperidine rings is 1. The first-order valence-corrected chi connectivity index (χ1v) is 7.69. The lowest BCUT2D eigenvalue weighted by Gasteiger charge is -2.35. The maximum atomic E-state index is 13.8. The van der Waals surface area contributed by atoms with Gasteiger partial charge in [0.25, 0.3) is 5.91 Å². The molecule has 3 rings (SSSR count). The highest BCUT2D eigenvalue weighted by molar-refractivity contribution is 7.21. The maximum Gasteiger partial charge on any atom is 0.266 e. The van der Waals surface area contributed by atoms with Crippen molar-refractivity contribution in [2.75, 3.05) is 18.8 Å². The Balaban J connectivity index is 1.92. The first kappa shape index (κ1) is 14.3. The number of rotatable bonds is 1. The number of benzene rings is 1. The average Bonchev–Trinajstić information content (AvgIpc) is 2.77. The van der Waals surface area contributed by atoms with Crippen LogP contribution in [0.3, 0.4) is 0 Å². The van der Waals surface area contributed by atoms with Gasteiger partial charge in [-0.05, 0) is 31.9 Å². The van der Waals surface area contributed by atoms with Crippen LogP contribution in [-0.4, -0.2) is 34.6 Å². The van der Waals surface area contributed by atoms with Crippen molar-refractivity contribution in [2.45, 2.75) is 25.4 Å². The van der Waals surface area contributed by atoms with Crippen LogP contribution < -0.4 is 5.73 Å². The van der Waals surface area contributed by atoms with E-state index in [2.05, 4.69) is 0 Å². The normalized spacial score (nSPS) is 18.1. The molecule has 112 valence electrons. The van der Waals surface area contributed by atoms with Gasteiger partial charge in [-0.15, -0.1) is 11.3 Å². The van der Waals surface area contributed by atoms with Crippen molar-refractivity contribution < 1.29 is 14.3 Å². The molecule has 1 aromatic heterocycles. The van der Waals surface area contributed by atoms with E-state index in [4.69, 9.17) is 5.73 Å². The van der Waals surface area contributed by atoms with Crippen LogP contribution in [0.2, 0.25) is 0 Å². The van der Waals surface area contributed by atoms with Crippen LogP contribution in [0.15, 0.2) is 18.2 Å². The van der Waals surface area contributed by atoms with Gasteiger partial charge in [-0.3, -0.25) is 4.79 Å². The summed E-state index contributed by atoms with van der Waals surface area (Å²) in [4.78, 5) is 14.6. The molecule has 3 N–H and O–H groups in total. The molecule has 1 saturated heterocycles. The number of halogens is 1. The van der Waals surface area contributed by atoms with Gasteiger partial charge in [0.2, 0.25) is 0 Å². The van der Waals surface area contributed by atoms with Gasteiger partial charge in [0.15, 0.2) is 0 Å². The minimum absolute atomic E-state index is 0.177. The maximum absolute atomic E-state index is 13.8. The van der Waals surface area contributed by atoms with E-state index in [9.17, 15) is 14.3 Å². The number of nitrogens with two attached hydrogens (primary N) is 1. The number of nitrogens with zero attached hydrogens (tertiary/aromatic N) is 1. The Labute approximate surface area is 126 Å². The number of hydrogen-bond acceptors (Lipinski definition) is 4. The van der Waals surface area contributed by atoms with E-state index >= 15 is 0 Å². The number of anilines is 1. The first-order valence-electron chi connectivity index (χ1n) is 6.87. The second-order valence-corrected chi connectivity index (χ2v) is 6.80. The Kier molecular flexibility index (Phi) is 3.37. The van der Waals surface area contributed by atoms with E-state index in [0.717, 1.165) is 0 Å². The summed E-state index contributed by atoms with van der Waals surface area (Å²) >= 11 is 1.22. The predicted octanol–water partition coefficient (Wildman–Crippen LogP) is 2.61. The van der Waals surface area contributed by atoms with Crippen molar-refractivity contribution in [1.29, 1.82) is 0 Å². The van der Waals surface area contributed by atoms with Crippen molar-refractivity contribution in [1.82, 2.24) is 4.90 Å². The van der Waals surface area contributed by atoms with E-state index in [1.165, 1.54) is 17.4 Å². The van der Waals surface area contributed by atoms with Crippen LogP contribution in [0.25, 0.3) is 10.1 Å². The molecule has 0 radical (unpaired) electrons. The van der Waals surface area contributed by atoms with E-state index in [1.54, 1.807) is 24.0 Å². The van der Waals surface area contributed by atoms with Gasteiger partial charge in [-0.2, -0.15) is 0 Å². The Morgan fingerprint density at radius 2 is 2.10 bits per heavy atom. The number of likely N-dealkylation sites (tertiary alicyclic amines) is 1. The Morgan fingerprint density at radius 1 is 1.43 bits per heavy atom. The van der Waals surface area contributed by atoms with Gasteiger partial charge in [0.1, 0.15) is 10.7 Å². The Morgan fingerprint density at radius 3 is 2.71 bits per heavy atom. The van der Waals surface area contributed by atoms with Crippen molar-refractivity contribution in [3.8, 4) is 0 Å². The minimum Gasteiger partial charge on any atom is -0.397 e. The SMILES string of the molecule is CC1(O)CCN(C(=O)c2sc3cccc(F)c3c2N)CC1. The number of nitrogen functional groups attached to an aromatic ring is 1. The van der Waals surface area contributed by atoms with Crippen molar-refractivity contribution in [2.24, 2.45) is 0 Å². The van der Waals surface area contributed by atoms with Gasteiger partial charge >= 0.3 is 0 Å². The highest BCUT2D eigenvalue weighted by atomic mass is 32.1. The lowest BCUT2D eigenvalue weighted by Crippen LogP contribution is -2.45. The molecule has 4 nitrogen and oxygen atoms in total. The largest absolute Gasteiger partial charge is 0.397 e. The van der Waals surface area contributed by atoms with E-state index in [1.807, 2.05) is 0 Å². The number of hydrogen-bond donors (Lipinski definition) is 2. The van der Waals surface area contributed by atoms with Gasteiger partial charge in [0, 0.05) is 17.8 Å². The number of carbonyl (C=O) groups is 1. The zero-order valence-electron chi connectivity index (χ0n) is 11.7. The number of aliphatic hydroxyl groups is 1. The summed E-state index contributed by atoms with van der Waals surface area (Å²) in [6.45, 7) is 2.75.